The zero-order valence-corrected chi connectivity index (χ0v) is 22.1. The van der Waals surface area contributed by atoms with E-state index in [4.69, 9.17) is 5.11 Å². The second-order valence-electron chi connectivity index (χ2n) is 11.1. The summed E-state index contributed by atoms with van der Waals surface area (Å²) in [6.45, 7) is 14.2. The summed E-state index contributed by atoms with van der Waals surface area (Å²) in [6, 6.07) is 10.8. The molecule has 3 rings (SSSR count). The van der Waals surface area contributed by atoms with Crippen molar-refractivity contribution in [3.8, 4) is 0 Å². The van der Waals surface area contributed by atoms with Gasteiger partial charge in [-0.15, -0.1) is 6.58 Å². The van der Waals surface area contributed by atoms with Crippen LogP contribution in [0.3, 0.4) is 0 Å². The minimum Gasteiger partial charge on any atom is -0.481 e. The highest BCUT2D eigenvalue weighted by molar-refractivity contribution is 5.71. The van der Waals surface area contributed by atoms with Crippen LogP contribution in [0.15, 0.2) is 54.6 Å². The Morgan fingerprint density at radius 1 is 1.17 bits per heavy atom. The summed E-state index contributed by atoms with van der Waals surface area (Å²) in [4.78, 5) is 24.8. The molecular formula is C30H45NO4. The van der Waals surface area contributed by atoms with Gasteiger partial charge in [-0.2, -0.15) is 0 Å². The van der Waals surface area contributed by atoms with Crippen LogP contribution < -0.4 is 0 Å². The molecule has 0 amide bonds. The first-order chi connectivity index (χ1) is 16.6. The van der Waals surface area contributed by atoms with E-state index in [2.05, 4.69) is 69.5 Å². The van der Waals surface area contributed by atoms with E-state index < -0.39 is 11.9 Å². The SMILES string of the molecule is C=CCCC(CCCC)C(=O)O.CC(C)(C)C1C2=CCCC(C(=O)O)C2CN1Cc1ccccc1. The average Bonchev–Trinajstić information content (AvgIpc) is 3.18. The van der Waals surface area contributed by atoms with Crippen molar-refractivity contribution in [3.05, 3.63) is 60.2 Å². The van der Waals surface area contributed by atoms with Crippen LogP contribution in [0.2, 0.25) is 0 Å². The molecule has 1 aliphatic carbocycles. The molecule has 1 aliphatic heterocycles. The molecule has 1 saturated heterocycles. The van der Waals surface area contributed by atoms with E-state index in [9.17, 15) is 14.7 Å². The Hall–Kier alpha value is -2.40. The maximum Gasteiger partial charge on any atom is 0.307 e. The third kappa shape index (κ3) is 8.34. The van der Waals surface area contributed by atoms with Crippen molar-refractivity contribution in [1.82, 2.24) is 4.90 Å². The van der Waals surface area contributed by atoms with E-state index in [-0.39, 0.29) is 23.2 Å². The minimum atomic E-state index is -0.662. The first-order valence-electron chi connectivity index (χ1n) is 13.1. The fraction of sp³-hybridized carbons (Fsp3) is 0.600. The van der Waals surface area contributed by atoms with Crippen molar-refractivity contribution in [2.45, 2.75) is 85.2 Å². The van der Waals surface area contributed by atoms with Gasteiger partial charge in [0.15, 0.2) is 0 Å². The van der Waals surface area contributed by atoms with E-state index in [1.807, 2.05) is 6.07 Å². The lowest BCUT2D eigenvalue weighted by Gasteiger charge is -2.37. The summed E-state index contributed by atoms with van der Waals surface area (Å²) in [7, 11) is 0. The number of hydrogen-bond donors (Lipinski definition) is 2. The lowest BCUT2D eigenvalue weighted by Crippen LogP contribution is -2.39. The number of unbranched alkanes of at least 4 members (excludes halogenated alkanes) is 1. The van der Waals surface area contributed by atoms with Gasteiger partial charge in [0.1, 0.15) is 0 Å². The number of rotatable bonds is 10. The molecule has 5 nitrogen and oxygen atoms in total. The third-order valence-electron chi connectivity index (χ3n) is 7.22. The molecule has 35 heavy (non-hydrogen) atoms. The Balaban J connectivity index is 0.000000307. The normalized spacial score (nSPS) is 22.9. The number of carboxylic acid groups (broad SMARTS) is 2. The van der Waals surface area contributed by atoms with Gasteiger partial charge in [-0.05, 0) is 43.1 Å². The molecule has 5 heteroatoms. The van der Waals surface area contributed by atoms with Crippen LogP contribution >= 0.6 is 0 Å². The number of carbonyl (C=O) groups is 2. The standard InChI is InChI=1S/C20H27NO2.C10H18O2/c1-20(2,3)18-15-10-7-11-16(19(22)23)17(15)13-21(18)12-14-8-5-4-6-9-14;1-3-5-7-9(10(11)12)8-6-4-2/h4-6,8-10,16-18H,7,11-13H2,1-3H3,(H,22,23);3,9H,1,4-8H2,2H3,(H,11,12). The minimum absolute atomic E-state index is 0.107. The molecule has 1 fully saturated rings. The summed E-state index contributed by atoms with van der Waals surface area (Å²) in [5.41, 5.74) is 2.77. The van der Waals surface area contributed by atoms with Gasteiger partial charge in [-0.3, -0.25) is 14.5 Å². The lowest BCUT2D eigenvalue weighted by molar-refractivity contribution is -0.144. The van der Waals surface area contributed by atoms with Gasteiger partial charge in [0.05, 0.1) is 11.8 Å². The fourth-order valence-corrected chi connectivity index (χ4v) is 5.61. The highest BCUT2D eigenvalue weighted by atomic mass is 16.4. The van der Waals surface area contributed by atoms with Crippen LogP contribution in [0.5, 0.6) is 0 Å². The van der Waals surface area contributed by atoms with E-state index >= 15 is 0 Å². The van der Waals surface area contributed by atoms with Gasteiger partial charge >= 0.3 is 11.9 Å². The third-order valence-corrected chi connectivity index (χ3v) is 7.22. The van der Waals surface area contributed by atoms with Crippen LogP contribution in [0.1, 0.15) is 78.2 Å². The van der Waals surface area contributed by atoms with E-state index in [0.29, 0.717) is 6.04 Å². The second kappa shape index (κ2) is 13.6. The van der Waals surface area contributed by atoms with Crippen LogP contribution in [0.4, 0.5) is 0 Å². The van der Waals surface area contributed by atoms with Gasteiger partial charge in [-0.1, -0.05) is 88.6 Å². The molecule has 2 aliphatic rings. The van der Waals surface area contributed by atoms with Crippen LogP contribution in [0, 0.1) is 23.2 Å². The summed E-state index contributed by atoms with van der Waals surface area (Å²) < 4.78 is 0. The van der Waals surface area contributed by atoms with Crippen molar-refractivity contribution in [1.29, 1.82) is 0 Å². The summed E-state index contributed by atoms with van der Waals surface area (Å²) >= 11 is 0. The number of carboxylic acids is 2. The molecule has 194 valence electrons. The fourth-order valence-electron chi connectivity index (χ4n) is 5.61. The zero-order chi connectivity index (χ0) is 26.0. The molecule has 0 aromatic heterocycles. The highest BCUT2D eigenvalue weighted by Gasteiger charge is 2.48. The van der Waals surface area contributed by atoms with Gasteiger partial charge < -0.3 is 10.2 Å². The maximum atomic E-state index is 11.7. The maximum absolute atomic E-state index is 11.7. The number of allylic oxidation sites excluding steroid dienone is 2. The number of nitrogens with zero attached hydrogens (tertiary/aromatic N) is 1. The Morgan fingerprint density at radius 3 is 2.40 bits per heavy atom. The molecule has 0 radical (unpaired) electrons. The molecule has 0 saturated carbocycles. The van der Waals surface area contributed by atoms with Crippen molar-refractivity contribution in [3.63, 3.8) is 0 Å². The molecule has 4 atom stereocenters. The number of aliphatic carboxylic acids is 2. The first-order valence-corrected chi connectivity index (χ1v) is 13.1. The van der Waals surface area contributed by atoms with Crippen molar-refractivity contribution >= 4 is 11.9 Å². The van der Waals surface area contributed by atoms with Crippen molar-refractivity contribution in [2.24, 2.45) is 23.2 Å². The summed E-state index contributed by atoms with van der Waals surface area (Å²) in [5.74, 6) is -1.50. The van der Waals surface area contributed by atoms with Crippen LogP contribution in [-0.2, 0) is 16.1 Å². The Morgan fingerprint density at radius 2 is 1.86 bits per heavy atom. The van der Waals surface area contributed by atoms with E-state index in [0.717, 1.165) is 58.0 Å². The number of fused-ring (bicyclic) bond motifs is 1. The summed E-state index contributed by atoms with van der Waals surface area (Å²) in [6.07, 6.45) is 10.2. The predicted molar refractivity (Wildman–Crippen MR) is 142 cm³/mol. The smallest absolute Gasteiger partial charge is 0.307 e. The number of benzene rings is 1. The summed E-state index contributed by atoms with van der Waals surface area (Å²) in [5, 5.41) is 18.4. The molecular weight excluding hydrogens is 438 g/mol. The van der Waals surface area contributed by atoms with Crippen molar-refractivity contribution < 1.29 is 19.8 Å². The van der Waals surface area contributed by atoms with Gasteiger partial charge in [0, 0.05) is 25.0 Å². The van der Waals surface area contributed by atoms with Gasteiger partial charge in [-0.25, -0.2) is 0 Å². The second-order valence-corrected chi connectivity index (χ2v) is 11.1. The largest absolute Gasteiger partial charge is 0.481 e. The monoisotopic (exact) mass is 483 g/mol. The number of hydrogen-bond acceptors (Lipinski definition) is 3. The Bertz CT molecular complexity index is 855. The lowest BCUT2D eigenvalue weighted by atomic mass is 9.73. The zero-order valence-electron chi connectivity index (χ0n) is 22.1. The Labute approximate surface area is 211 Å². The molecule has 0 bridgehead atoms. The van der Waals surface area contributed by atoms with Gasteiger partial charge in [0.25, 0.3) is 0 Å². The van der Waals surface area contributed by atoms with Gasteiger partial charge in [0.2, 0.25) is 0 Å². The first kappa shape index (κ1) is 28.8. The van der Waals surface area contributed by atoms with Crippen LogP contribution in [0.25, 0.3) is 0 Å². The van der Waals surface area contributed by atoms with E-state index in [1.165, 1.54) is 11.1 Å². The molecule has 1 heterocycles. The molecule has 1 aromatic rings. The predicted octanol–water partition coefficient (Wildman–Crippen LogP) is 6.80. The molecule has 0 spiro atoms. The van der Waals surface area contributed by atoms with Crippen molar-refractivity contribution in [2.75, 3.05) is 6.54 Å². The quantitative estimate of drug-likeness (QED) is 0.358. The molecule has 1 aromatic carbocycles. The van der Waals surface area contributed by atoms with Crippen LogP contribution in [-0.4, -0.2) is 39.6 Å². The Kier molecular flexibility index (Phi) is 11.2. The molecule has 4 unspecified atom stereocenters. The van der Waals surface area contributed by atoms with E-state index in [1.54, 1.807) is 6.08 Å². The topological polar surface area (TPSA) is 77.8 Å². The average molecular weight is 484 g/mol. The number of likely N-dealkylation sites (tertiary alicyclic amines) is 1. The highest BCUT2D eigenvalue weighted by Crippen LogP contribution is 2.46. The molecule has 2 N–H and O–H groups in total.